The second-order valence-corrected chi connectivity index (χ2v) is 7.52. The number of carbonyl (C=O) groups is 1. The van der Waals surface area contributed by atoms with Crippen LogP contribution in [0, 0.1) is 5.92 Å². The summed E-state index contributed by atoms with van der Waals surface area (Å²) < 4.78 is 5.15. The predicted molar refractivity (Wildman–Crippen MR) is 101 cm³/mol. The van der Waals surface area contributed by atoms with Crippen LogP contribution in [0.4, 0.5) is 0 Å². The van der Waals surface area contributed by atoms with Crippen LogP contribution in [-0.2, 0) is 4.79 Å². The van der Waals surface area contributed by atoms with Gasteiger partial charge in [0, 0.05) is 24.0 Å². The predicted octanol–water partition coefficient (Wildman–Crippen LogP) is 3.20. The van der Waals surface area contributed by atoms with Crippen molar-refractivity contribution in [1.29, 1.82) is 0 Å². The van der Waals surface area contributed by atoms with E-state index in [0.29, 0.717) is 11.8 Å². The molecular formula is C18H27ClN2O2S. The zero-order chi connectivity index (χ0) is 16.1. The molecule has 6 heteroatoms. The molecule has 134 valence electrons. The lowest BCUT2D eigenvalue weighted by Crippen LogP contribution is -2.45. The molecule has 1 aromatic rings. The SMILES string of the molecule is COc1ccc(SCC(=O)N2CCC(NCC3CC3)CC2)cc1.Cl. The van der Waals surface area contributed by atoms with E-state index in [1.54, 1.807) is 18.9 Å². The largest absolute Gasteiger partial charge is 0.497 e. The van der Waals surface area contributed by atoms with Crippen LogP contribution in [0.3, 0.4) is 0 Å². The van der Waals surface area contributed by atoms with Crippen molar-refractivity contribution >= 4 is 30.1 Å². The highest BCUT2D eigenvalue weighted by molar-refractivity contribution is 8.00. The Labute approximate surface area is 155 Å². The molecule has 0 aromatic heterocycles. The van der Waals surface area contributed by atoms with Crippen molar-refractivity contribution in [3.63, 3.8) is 0 Å². The van der Waals surface area contributed by atoms with Crippen LogP contribution in [0.2, 0.25) is 0 Å². The number of nitrogens with one attached hydrogen (secondary N) is 1. The number of likely N-dealkylation sites (tertiary alicyclic amines) is 1. The van der Waals surface area contributed by atoms with E-state index in [9.17, 15) is 4.79 Å². The summed E-state index contributed by atoms with van der Waals surface area (Å²) >= 11 is 1.60. The van der Waals surface area contributed by atoms with Crippen molar-refractivity contribution in [2.75, 3.05) is 32.5 Å². The standard InChI is InChI=1S/C18H26N2O2S.ClH/c1-22-16-4-6-17(7-5-16)23-13-18(21)20-10-8-15(9-11-20)19-12-14-2-3-14;/h4-7,14-15,19H,2-3,8-13H2,1H3;1H. The second kappa shape index (κ2) is 9.54. The first-order valence-corrected chi connectivity index (χ1v) is 9.51. The number of piperidine rings is 1. The molecule has 1 saturated heterocycles. The lowest BCUT2D eigenvalue weighted by molar-refractivity contribution is -0.129. The zero-order valence-electron chi connectivity index (χ0n) is 14.2. The fraction of sp³-hybridized carbons (Fsp3) is 0.611. The number of methoxy groups -OCH3 is 1. The van der Waals surface area contributed by atoms with Crippen LogP contribution >= 0.6 is 24.2 Å². The summed E-state index contributed by atoms with van der Waals surface area (Å²) in [6.07, 6.45) is 4.97. The third-order valence-electron chi connectivity index (χ3n) is 4.66. The van der Waals surface area contributed by atoms with E-state index in [0.717, 1.165) is 42.5 Å². The van der Waals surface area contributed by atoms with Gasteiger partial charge in [-0.2, -0.15) is 0 Å². The third-order valence-corrected chi connectivity index (χ3v) is 5.66. The molecule has 0 atom stereocenters. The van der Waals surface area contributed by atoms with Crippen molar-refractivity contribution in [2.45, 2.75) is 36.6 Å². The van der Waals surface area contributed by atoms with Crippen molar-refractivity contribution in [1.82, 2.24) is 10.2 Å². The van der Waals surface area contributed by atoms with Crippen LogP contribution in [0.5, 0.6) is 5.75 Å². The summed E-state index contributed by atoms with van der Waals surface area (Å²) in [7, 11) is 1.66. The quantitative estimate of drug-likeness (QED) is 0.748. The first-order valence-electron chi connectivity index (χ1n) is 8.52. The first-order chi connectivity index (χ1) is 11.2. The fourth-order valence-electron chi connectivity index (χ4n) is 2.90. The number of hydrogen-bond acceptors (Lipinski definition) is 4. The summed E-state index contributed by atoms with van der Waals surface area (Å²) in [5.41, 5.74) is 0. The van der Waals surface area contributed by atoms with Crippen LogP contribution in [-0.4, -0.2) is 49.3 Å². The number of rotatable bonds is 7. The fourth-order valence-corrected chi connectivity index (χ4v) is 3.70. The number of nitrogens with zero attached hydrogens (tertiary/aromatic N) is 1. The molecule has 1 N–H and O–H groups in total. The van der Waals surface area contributed by atoms with Gasteiger partial charge in [0.25, 0.3) is 0 Å². The highest BCUT2D eigenvalue weighted by atomic mass is 35.5. The molecule has 3 rings (SSSR count). The normalized spacial score (nSPS) is 18.1. The van der Waals surface area contributed by atoms with Gasteiger partial charge in [0.1, 0.15) is 5.75 Å². The molecule has 1 heterocycles. The highest BCUT2D eigenvalue weighted by Crippen LogP contribution is 2.28. The Bertz CT molecular complexity index is 514. The first kappa shape index (κ1) is 19.4. The molecule has 1 aromatic carbocycles. The van der Waals surface area contributed by atoms with E-state index in [-0.39, 0.29) is 18.3 Å². The second-order valence-electron chi connectivity index (χ2n) is 6.47. The lowest BCUT2D eigenvalue weighted by atomic mass is 10.0. The van der Waals surface area contributed by atoms with Gasteiger partial charge in [-0.1, -0.05) is 0 Å². The summed E-state index contributed by atoms with van der Waals surface area (Å²) in [6, 6.07) is 8.48. The molecule has 24 heavy (non-hydrogen) atoms. The molecule has 1 amide bonds. The topological polar surface area (TPSA) is 41.6 Å². The van der Waals surface area contributed by atoms with E-state index in [4.69, 9.17) is 4.74 Å². The number of ether oxygens (including phenoxy) is 1. The number of benzene rings is 1. The Morgan fingerprint density at radius 3 is 2.46 bits per heavy atom. The van der Waals surface area contributed by atoms with E-state index < -0.39 is 0 Å². The average molecular weight is 371 g/mol. The molecule has 2 aliphatic rings. The van der Waals surface area contributed by atoms with Gasteiger partial charge >= 0.3 is 0 Å². The van der Waals surface area contributed by atoms with Crippen LogP contribution in [0.25, 0.3) is 0 Å². The van der Waals surface area contributed by atoms with E-state index in [1.807, 2.05) is 29.2 Å². The Morgan fingerprint density at radius 1 is 1.21 bits per heavy atom. The molecule has 1 aliphatic heterocycles. The number of amides is 1. The molecule has 0 unspecified atom stereocenters. The minimum absolute atomic E-state index is 0. The number of hydrogen-bond donors (Lipinski definition) is 1. The van der Waals surface area contributed by atoms with Crippen molar-refractivity contribution in [3.05, 3.63) is 24.3 Å². The summed E-state index contributed by atoms with van der Waals surface area (Å²) in [5, 5.41) is 3.66. The van der Waals surface area contributed by atoms with Gasteiger partial charge < -0.3 is 15.0 Å². The summed E-state index contributed by atoms with van der Waals surface area (Å²) in [5.74, 6) is 2.55. The average Bonchev–Trinajstić information content (AvgIpc) is 3.43. The van der Waals surface area contributed by atoms with Crippen molar-refractivity contribution in [3.8, 4) is 5.75 Å². The molecule has 4 nitrogen and oxygen atoms in total. The highest BCUT2D eigenvalue weighted by Gasteiger charge is 2.25. The third kappa shape index (κ3) is 5.87. The van der Waals surface area contributed by atoms with Crippen molar-refractivity contribution < 1.29 is 9.53 Å². The molecule has 1 aliphatic carbocycles. The molecule has 0 spiro atoms. The van der Waals surface area contributed by atoms with Gasteiger partial charge in [-0.15, -0.1) is 24.2 Å². The smallest absolute Gasteiger partial charge is 0.232 e. The molecular weight excluding hydrogens is 344 g/mol. The van der Waals surface area contributed by atoms with Crippen LogP contribution < -0.4 is 10.1 Å². The Hall–Kier alpha value is -0.910. The number of thioether (sulfide) groups is 1. The number of halogens is 1. The maximum Gasteiger partial charge on any atom is 0.232 e. The zero-order valence-corrected chi connectivity index (χ0v) is 15.8. The lowest BCUT2D eigenvalue weighted by Gasteiger charge is -2.32. The molecule has 0 bridgehead atoms. The Balaban J connectivity index is 0.00000208. The molecule has 1 saturated carbocycles. The van der Waals surface area contributed by atoms with E-state index in [1.165, 1.54) is 19.4 Å². The van der Waals surface area contributed by atoms with Gasteiger partial charge in [0.15, 0.2) is 0 Å². The maximum absolute atomic E-state index is 12.3. The van der Waals surface area contributed by atoms with Crippen molar-refractivity contribution in [2.24, 2.45) is 5.92 Å². The minimum atomic E-state index is 0. The van der Waals surface area contributed by atoms with Crippen LogP contribution in [0.15, 0.2) is 29.2 Å². The molecule has 2 fully saturated rings. The van der Waals surface area contributed by atoms with E-state index in [2.05, 4.69) is 5.32 Å². The van der Waals surface area contributed by atoms with Gasteiger partial charge in [-0.05, 0) is 62.4 Å². The summed E-state index contributed by atoms with van der Waals surface area (Å²) in [6.45, 7) is 2.96. The Kier molecular flexibility index (Phi) is 7.72. The monoisotopic (exact) mass is 370 g/mol. The Morgan fingerprint density at radius 2 is 1.88 bits per heavy atom. The summed E-state index contributed by atoms with van der Waals surface area (Å²) in [4.78, 5) is 15.5. The maximum atomic E-state index is 12.3. The number of carbonyl (C=O) groups excluding carboxylic acids is 1. The molecule has 0 radical (unpaired) electrons. The van der Waals surface area contributed by atoms with Gasteiger partial charge in [-0.3, -0.25) is 4.79 Å². The van der Waals surface area contributed by atoms with Gasteiger partial charge in [0.2, 0.25) is 5.91 Å². The van der Waals surface area contributed by atoms with Gasteiger partial charge in [0.05, 0.1) is 12.9 Å². The van der Waals surface area contributed by atoms with Crippen LogP contribution in [0.1, 0.15) is 25.7 Å². The van der Waals surface area contributed by atoms with Gasteiger partial charge in [-0.25, -0.2) is 0 Å². The minimum Gasteiger partial charge on any atom is -0.497 e. The van der Waals surface area contributed by atoms with E-state index >= 15 is 0 Å².